The molecule has 3 rings (SSSR count). The number of rotatable bonds is 4. The Kier molecular flexibility index (Phi) is 3.78. The number of benzene rings is 1. The van der Waals surface area contributed by atoms with Gasteiger partial charge < -0.3 is 5.32 Å². The molecule has 0 atom stereocenters. The van der Waals surface area contributed by atoms with E-state index in [-0.39, 0.29) is 0 Å². The lowest BCUT2D eigenvalue weighted by molar-refractivity contribution is 0.879. The van der Waals surface area contributed by atoms with Crippen LogP contribution in [0.5, 0.6) is 0 Å². The van der Waals surface area contributed by atoms with Crippen LogP contribution in [0.3, 0.4) is 0 Å². The number of nitrogens with one attached hydrogen (secondary N) is 1. The van der Waals surface area contributed by atoms with Gasteiger partial charge in [-0.15, -0.1) is 0 Å². The molecule has 0 radical (unpaired) electrons. The van der Waals surface area contributed by atoms with Crippen LogP contribution in [-0.2, 0) is 6.54 Å². The fraction of sp³-hybridized carbons (Fsp3) is 0.0667. The first-order chi connectivity index (χ1) is 9.83. The van der Waals surface area contributed by atoms with Gasteiger partial charge in [0.2, 0.25) is 0 Å². The lowest BCUT2D eigenvalue weighted by atomic mass is 10.2. The average molecular weight is 329 g/mol. The minimum absolute atomic E-state index is 0.713. The quantitative estimate of drug-likeness (QED) is 0.795. The zero-order valence-corrected chi connectivity index (χ0v) is 12.3. The summed E-state index contributed by atoms with van der Waals surface area (Å²) in [7, 11) is 0. The van der Waals surface area contributed by atoms with Crippen molar-refractivity contribution >= 4 is 21.6 Å². The van der Waals surface area contributed by atoms with Gasteiger partial charge in [0.05, 0.1) is 11.4 Å². The fourth-order valence-electron chi connectivity index (χ4n) is 1.98. The first-order valence-corrected chi connectivity index (χ1v) is 7.04. The molecule has 0 spiro atoms. The zero-order valence-electron chi connectivity index (χ0n) is 10.7. The van der Waals surface area contributed by atoms with Crippen LogP contribution in [0, 0.1) is 0 Å². The summed E-state index contributed by atoms with van der Waals surface area (Å²) in [5, 5.41) is 7.70. The zero-order chi connectivity index (χ0) is 13.8. The third-order valence-electron chi connectivity index (χ3n) is 2.90. The van der Waals surface area contributed by atoms with Crippen LogP contribution >= 0.6 is 15.9 Å². The van der Waals surface area contributed by atoms with E-state index >= 15 is 0 Å². The van der Waals surface area contributed by atoms with Gasteiger partial charge in [-0.1, -0.05) is 12.1 Å². The second kappa shape index (κ2) is 5.88. The molecule has 0 bridgehead atoms. The number of halogens is 1. The van der Waals surface area contributed by atoms with Crippen molar-refractivity contribution in [2.45, 2.75) is 6.54 Å². The van der Waals surface area contributed by atoms with Crippen LogP contribution in [0.25, 0.3) is 5.69 Å². The van der Waals surface area contributed by atoms with Gasteiger partial charge in [-0.25, -0.2) is 4.68 Å². The Morgan fingerprint density at radius 1 is 1.15 bits per heavy atom. The average Bonchev–Trinajstić information content (AvgIpc) is 3.00. The van der Waals surface area contributed by atoms with E-state index in [1.165, 1.54) is 0 Å². The highest BCUT2D eigenvalue weighted by molar-refractivity contribution is 9.10. The Morgan fingerprint density at radius 3 is 2.85 bits per heavy atom. The maximum Gasteiger partial charge on any atom is 0.0876 e. The number of nitrogens with zero attached hydrogens (tertiary/aromatic N) is 3. The first kappa shape index (κ1) is 12.9. The first-order valence-electron chi connectivity index (χ1n) is 6.25. The molecule has 100 valence electrons. The summed E-state index contributed by atoms with van der Waals surface area (Å²) in [6.45, 7) is 0.713. The van der Waals surface area contributed by atoms with Crippen molar-refractivity contribution in [2.24, 2.45) is 0 Å². The van der Waals surface area contributed by atoms with Gasteiger partial charge in [0.25, 0.3) is 0 Å². The Bertz CT molecular complexity index is 695. The van der Waals surface area contributed by atoms with E-state index < -0.39 is 0 Å². The van der Waals surface area contributed by atoms with Gasteiger partial charge in [0.15, 0.2) is 0 Å². The molecule has 0 aliphatic carbocycles. The van der Waals surface area contributed by atoms with Crippen molar-refractivity contribution in [3.8, 4) is 5.69 Å². The summed E-state index contributed by atoms with van der Waals surface area (Å²) in [5.41, 5.74) is 3.19. The van der Waals surface area contributed by atoms with E-state index in [4.69, 9.17) is 0 Å². The SMILES string of the molecule is Brc1cncc(CNc2ccccc2-n2cccn2)c1. The van der Waals surface area contributed by atoms with Crippen molar-refractivity contribution in [1.29, 1.82) is 0 Å². The number of aromatic nitrogens is 3. The minimum atomic E-state index is 0.713. The largest absolute Gasteiger partial charge is 0.379 e. The van der Waals surface area contributed by atoms with E-state index in [9.17, 15) is 0 Å². The Hall–Kier alpha value is -2.14. The van der Waals surface area contributed by atoms with E-state index in [1.807, 2.05) is 47.4 Å². The number of anilines is 1. The molecule has 0 aliphatic rings. The molecular formula is C15H13BrN4. The van der Waals surface area contributed by atoms with E-state index in [1.54, 1.807) is 12.4 Å². The van der Waals surface area contributed by atoms with Crippen LogP contribution in [0.1, 0.15) is 5.56 Å². The second-order valence-electron chi connectivity index (χ2n) is 4.33. The van der Waals surface area contributed by atoms with Crippen LogP contribution in [0.15, 0.2) is 65.7 Å². The highest BCUT2D eigenvalue weighted by atomic mass is 79.9. The molecule has 0 unspecified atom stereocenters. The van der Waals surface area contributed by atoms with Crippen molar-refractivity contribution in [1.82, 2.24) is 14.8 Å². The molecule has 0 aliphatic heterocycles. The molecular weight excluding hydrogens is 316 g/mol. The van der Waals surface area contributed by atoms with Crippen molar-refractivity contribution in [3.63, 3.8) is 0 Å². The molecule has 1 aromatic carbocycles. The summed E-state index contributed by atoms with van der Waals surface area (Å²) < 4.78 is 2.83. The number of para-hydroxylation sites is 2. The lowest BCUT2D eigenvalue weighted by Crippen LogP contribution is -2.05. The third-order valence-corrected chi connectivity index (χ3v) is 3.33. The molecule has 2 aromatic heterocycles. The van der Waals surface area contributed by atoms with Crippen LogP contribution in [0.4, 0.5) is 5.69 Å². The van der Waals surface area contributed by atoms with E-state index in [2.05, 4.69) is 37.4 Å². The Balaban J connectivity index is 1.81. The van der Waals surface area contributed by atoms with Gasteiger partial charge >= 0.3 is 0 Å². The summed E-state index contributed by atoms with van der Waals surface area (Å²) in [6, 6.07) is 12.1. The molecule has 4 nitrogen and oxygen atoms in total. The molecule has 1 N–H and O–H groups in total. The fourth-order valence-corrected chi connectivity index (χ4v) is 2.40. The maximum absolute atomic E-state index is 4.27. The third kappa shape index (κ3) is 2.88. The predicted octanol–water partition coefficient (Wildman–Crippen LogP) is 3.64. The molecule has 5 heteroatoms. The van der Waals surface area contributed by atoms with Crippen molar-refractivity contribution < 1.29 is 0 Å². The predicted molar refractivity (Wildman–Crippen MR) is 82.8 cm³/mol. The van der Waals surface area contributed by atoms with Crippen LogP contribution in [-0.4, -0.2) is 14.8 Å². The summed E-state index contributed by atoms with van der Waals surface area (Å²) in [5.74, 6) is 0. The topological polar surface area (TPSA) is 42.7 Å². The van der Waals surface area contributed by atoms with Gasteiger partial charge in [-0.3, -0.25) is 4.98 Å². The molecule has 0 fully saturated rings. The van der Waals surface area contributed by atoms with Crippen LogP contribution < -0.4 is 5.32 Å². The summed E-state index contributed by atoms with van der Waals surface area (Å²) >= 11 is 3.43. The van der Waals surface area contributed by atoms with Crippen LogP contribution in [0.2, 0.25) is 0 Å². The molecule has 20 heavy (non-hydrogen) atoms. The number of hydrogen-bond donors (Lipinski definition) is 1. The van der Waals surface area contributed by atoms with Crippen molar-refractivity contribution in [3.05, 3.63) is 71.2 Å². The lowest BCUT2D eigenvalue weighted by Gasteiger charge is -2.12. The van der Waals surface area contributed by atoms with E-state index in [0.29, 0.717) is 6.54 Å². The maximum atomic E-state index is 4.27. The summed E-state index contributed by atoms with van der Waals surface area (Å²) in [6.07, 6.45) is 7.34. The standard InChI is InChI=1S/C15H13BrN4/c16-13-8-12(9-17-11-13)10-18-14-4-1-2-5-15(14)20-7-3-6-19-20/h1-9,11,18H,10H2. The number of pyridine rings is 1. The molecule has 3 aromatic rings. The molecule has 0 saturated heterocycles. The van der Waals surface area contributed by atoms with Gasteiger partial charge in [-0.05, 0) is 45.8 Å². The van der Waals surface area contributed by atoms with Crippen molar-refractivity contribution in [2.75, 3.05) is 5.32 Å². The Morgan fingerprint density at radius 2 is 2.05 bits per heavy atom. The Labute approximate surface area is 125 Å². The normalized spacial score (nSPS) is 10.4. The van der Waals surface area contributed by atoms with E-state index in [0.717, 1.165) is 21.4 Å². The highest BCUT2D eigenvalue weighted by Gasteiger charge is 2.04. The number of hydrogen-bond acceptors (Lipinski definition) is 3. The monoisotopic (exact) mass is 328 g/mol. The summed E-state index contributed by atoms with van der Waals surface area (Å²) in [4.78, 5) is 4.16. The second-order valence-corrected chi connectivity index (χ2v) is 5.25. The molecule has 0 saturated carbocycles. The van der Waals surface area contributed by atoms with Gasteiger partial charge in [0.1, 0.15) is 0 Å². The smallest absolute Gasteiger partial charge is 0.0876 e. The molecule has 2 heterocycles. The molecule has 0 amide bonds. The van der Waals surface area contributed by atoms with Gasteiger partial charge in [-0.2, -0.15) is 5.10 Å². The van der Waals surface area contributed by atoms with Gasteiger partial charge in [0, 0.05) is 35.8 Å². The highest BCUT2D eigenvalue weighted by Crippen LogP contribution is 2.20. The minimum Gasteiger partial charge on any atom is -0.379 e.